The van der Waals surface area contributed by atoms with E-state index in [2.05, 4.69) is 6.58 Å². The Labute approximate surface area is 323 Å². The molecular weight excluding hydrogens is 700 g/mol. The minimum atomic E-state index is -1.84. The van der Waals surface area contributed by atoms with Gasteiger partial charge in [0, 0.05) is 37.5 Å². The number of rotatable bonds is 10. The Bertz CT molecular complexity index is 1210. The Morgan fingerprint density at radius 3 is 2.15 bits per heavy atom. The molecule has 0 aromatic heterocycles. The second-order valence-electron chi connectivity index (χ2n) is 17.3. The summed E-state index contributed by atoms with van der Waals surface area (Å²) >= 11 is 0. The molecule has 0 saturated carbocycles. The first kappa shape index (κ1) is 47.1. The molecule has 0 spiro atoms. The van der Waals surface area contributed by atoms with Gasteiger partial charge in [-0.15, -0.1) is 6.58 Å². The molecule has 0 aromatic carbocycles. The van der Waals surface area contributed by atoms with Crippen molar-refractivity contribution in [3.05, 3.63) is 12.7 Å². The zero-order chi connectivity index (χ0) is 41.1. The number of ether oxygens (including phenoxy) is 7. The zero-order valence-corrected chi connectivity index (χ0v) is 35.1. The van der Waals surface area contributed by atoms with Gasteiger partial charge in [0.25, 0.3) is 0 Å². The normalized spacial score (nSPS) is 48.9. The lowest BCUT2D eigenvalue weighted by Gasteiger charge is -2.50. The van der Waals surface area contributed by atoms with Crippen LogP contribution in [0.5, 0.6) is 0 Å². The van der Waals surface area contributed by atoms with E-state index in [0.29, 0.717) is 12.8 Å². The summed E-state index contributed by atoms with van der Waals surface area (Å²) in [6, 6.07) is -0.904. The Hall–Kier alpha value is -1.27. The number of nitrogens with zero attached hydrogens (tertiary/aromatic N) is 1. The second kappa shape index (κ2) is 19.0. The van der Waals surface area contributed by atoms with Gasteiger partial charge in [0.1, 0.15) is 23.9 Å². The van der Waals surface area contributed by atoms with Gasteiger partial charge in [-0.1, -0.05) is 33.8 Å². The molecule has 3 aliphatic rings. The molecule has 6 N–H and O–H groups in total. The second-order valence-corrected chi connectivity index (χ2v) is 17.3. The lowest BCUT2D eigenvalue weighted by molar-refractivity contribution is -0.320. The fourth-order valence-corrected chi connectivity index (χ4v) is 8.99. The van der Waals surface area contributed by atoms with Crippen LogP contribution in [-0.2, 0) is 38.0 Å². The van der Waals surface area contributed by atoms with Crippen LogP contribution in [0, 0.1) is 23.7 Å². The minimum Gasteiger partial charge on any atom is -0.459 e. The van der Waals surface area contributed by atoms with Crippen molar-refractivity contribution in [3.8, 4) is 0 Å². The molecule has 19 atom stereocenters. The van der Waals surface area contributed by atoms with E-state index in [1.165, 1.54) is 14.0 Å². The first-order valence-electron chi connectivity index (χ1n) is 19.8. The Kier molecular flexibility index (Phi) is 16.6. The molecule has 0 amide bonds. The van der Waals surface area contributed by atoms with Gasteiger partial charge in [0.2, 0.25) is 0 Å². The third-order valence-corrected chi connectivity index (χ3v) is 12.7. The van der Waals surface area contributed by atoms with Crippen molar-refractivity contribution < 1.29 is 58.4 Å². The van der Waals surface area contributed by atoms with Crippen molar-refractivity contribution in [2.45, 2.75) is 185 Å². The SMILES string of the molecule is C=CCO[C@@]1(C)C[C@@H](C)[C@H](N)[C@@H](C)[C@@H](O)[C@](C)(O)[C@H](CC)OC(=O)[C@H](C)[C@@H](O[C@H]2C[C@@](C)(OC)[C@@H](O)[C@H](C)O2)[C@H](C)[C@H]1O[C@@H]1O[C@H](C)C[C@H](N(C)C)[C@H]1O. The predicted octanol–water partition coefficient (Wildman–Crippen LogP) is 2.75. The molecular formula is C40H74N2O12. The van der Waals surface area contributed by atoms with Crippen molar-refractivity contribution in [2.75, 3.05) is 27.8 Å². The highest BCUT2D eigenvalue weighted by molar-refractivity contribution is 5.73. The molecule has 3 aliphatic heterocycles. The number of carbonyl (C=O) groups excluding carboxylic acids is 1. The number of esters is 1. The number of hydrogen-bond donors (Lipinski definition) is 5. The first-order chi connectivity index (χ1) is 25.0. The number of hydrogen-bond acceptors (Lipinski definition) is 14. The van der Waals surface area contributed by atoms with Gasteiger partial charge in [-0.25, -0.2) is 0 Å². The number of nitrogens with two attached hydrogens (primary N) is 1. The van der Waals surface area contributed by atoms with Crippen LogP contribution >= 0.6 is 0 Å². The highest BCUT2D eigenvalue weighted by Gasteiger charge is 2.54. The summed E-state index contributed by atoms with van der Waals surface area (Å²) in [4.78, 5) is 16.3. The molecule has 0 aliphatic carbocycles. The van der Waals surface area contributed by atoms with Gasteiger partial charge in [-0.3, -0.25) is 4.79 Å². The lowest BCUT2D eigenvalue weighted by Crippen LogP contribution is -2.62. The molecule has 0 aromatic rings. The molecule has 54 heavy (non-hydrogen) atoms. The topological polar surface area (TPSA) is 192 Å². The summed E-state index contributed by atoms with van der Waals surface area (Å²) in [6.45, 7) is 21.9. The summed E-state index contributed by atoms with van der Waals surface area (Å²) < 4.78 is 44.8. The van der Waals surface area contributed by atoms with E-state index in [9.17, 15) is 25.2 Å². The molecule has 3 heterocycles. The van der Waals surface area contributed by atoms with Gasteiger partial charge in [0.05, 0.1) is 54.2 Å². The summed E-state index contributed by atoms with van der Waals surface area (Å²) in [5, 5.41) is 46.1. The summed E-state index contributed by atoms with van der Waals surface area (Å²) in [5.41, 5.74) is 2.87. The van der Waals surface area contributed by atoms with Gasteiger partial charge >= 0.3 is 5.97 Å². The lowest BCUT2D eigenvalue weighted by atomic mass is 9.72. The van der Waals surface area contributed by atoms with Crippen molar-refractivity contribution in [1.29, 1.82) is 0 Å². The summed E-state index contributed by atoms with van der Waals surface area (Å²) in [6.07, 6.45) is -6.33. The first-order valence-corrected chi connectivity index (χ1v) is 19.8. The van der Waals surface area contributed by atoms with Crippen molar-refractivity contribution in [1.82, 2.24) is 4.90 Å². The van der Waals surface area contributed by atoms with E-state index in [-0.39, 0.29) is 37.5 Å². The molecule has 3 saturated heterocycles. The van der Waals surface area contributed by atoms with Gasteiger partial charge in [0.15, 0.2) is 12.6 Å². The van der Waals surface area contributed by atoms with Crippen LogP contribution in [0.15, 0.2) is 12.7 Å². The average molecular weight is 775 g/mol. The zero-order valence-electron chi connectivity index (χ0n) is 35.1. The quantitative estimate of drug-likeness (QED) is 0.161. The van der Waals surface area contributed by atoms with E-state index in [1.54, 1.807) is 40.7 Å². The van der Waals surface area contributed by atoms with Crippen molar-refractivity contribution >= 4 is 5.97 Å². The third kappa shape index (κ3) is 10.2. The monoisotopic (exact) mass is 775 g/mol. The number of carbonyl (C=O) groups is 1. The molecule has 0 bridgehead atoms. The predicted molar refractivity (Wildman–Crippen MR) is 203 cm³/mol. The van der Waals surface area contributed by atoms with Crippen LogP contribution in [0.3, 0.4) is 0 Å². The molecule has 0 radical (unpaired) electrons. The molecule has 14 nitrogen and oxygen atoms in total. The van der Waals surface area contributed by atoms with E-state index in [0.717, 1.165) is 0 Å². The number of cyclic esters (lactones) is 1. The number of aliphatic hydroxyl groups excluding tert-OH is 3. The smallest absolute Gasteiger partial charge is 0.311 e. The Morgan fingerprint density at radius 1 is 0.963 bits per heavy atom. The van der Waals surface area contributed by atoms with Crippen LogP contribution in [-0.4, -0.2) is 149 Å². The number of likely N-dealkylation sites (N-methyl/N-ethyl adjacent to an activating group) is 1. The Balaban J connectivity index is 2.27. The van der Waals surface area contributed by atoms with Crippen LogP contribution in [0.1, 0.15) is 94.9 Å². The molecule has 3 fully saturated rings. The largest absolute Gasteiger partial charge is 0.459 e. The van der Waals surface area contributed by atoms with Gasteiger partial charge < -0.3 is 64.2 Å². The average Bonchev–Trinajstić information content (AvgIpc) is 3.11. The Morgan fingerprint density at radius 2 is 1.59 bits per heavy atom. The van der Waals surface area contributed by atoms with Crippen LogP contribution in [0.25, 0.3) is 0 Å². The third-order valence-electron chi connectivity index (χ3n) is 12.7. The summed E-state index contributed by atoms with van der Waals surface area (Å²) in [5.74, 6) is -3.27. The molecule has 3 rings (SSSR count). The van der Waals surface area contributed by atoms with Crippen LogP contribution in [0.4, 0.5) is 0 Å². The van der Waals surface area contributed by atoms with Crippen molar-refractivity contribution in [3.63, 3.8) is 0 Å². The van der Waals surface area contributed by atoms with E-state index in [4.69, 9.17) is 38.9 Å². The van der Waals surface area contributed by atoms with E-state index >= 15 is 0 Å². The van der Waals surface area contributed by atoms with Crippen molar-refractivity contribution in [2.24, 2.45) is 29.4 Å². The fourth-order valence-electron chi connectivity index (χ4n) is 8.99. The maximum Gasteiger partial charge on any atom is 0.311 e. The number of aliphatic hydroxyl groups is 4. The van der Waals surface area contributed by atoms with E-state index < -0.39 is 102 Å². The molecule has 14 heteroatoms. The van der Waals surface area contributed by atoms with Crippen LogP contribution in [0.2, 0.25) is 0 Å². The maximum atomic E-state index is 14.3. The van der Waals surface area contributed by atoms with E-state index in [1.807, 2.05) is 46.7 Å². The molecule has 316 valence electrons. The maximum absolute atomic E-state index is 14.3. The minimum absolute atomic E-state index is 0.136. The number of methoxy groups -OCH3 is 1. The van der Waals surface area contributed by atoms with Gasteiger partial charge in [-0.05, 0) is 80.8 Å². The molecule has 0 unspecified atom stereocenters. The summed E-state index contributed by atoms with van der Waals surface area (Å²) in [7, 11) is 5.32. The van der Waals surface area contributed by atoms with Gasteiger partial charge in [-0.2, -0.15) is 0 Å². The van der Waals surface area contributed by atoms with Crippen LogP contribution < -0.4 is 5.73 Å². The highest BCUT2D eigenvalue weighted by atomic mass is 16.7. The standard InChI is InChI=1S/C40H74N2O12/c1-15-17-49-39(10)19-21(3)30(41)23(5)33(44)40(11,47)28(16-2)52-36(46)25(7)32(53-29-20-38(9,48-14)34(45)26(8)51-29)24(6)35(39)54-37-31(43)27(42(12)13)18-22(4)50-37/h15,21-35,37,43-45,47H,1,16-20,41H2,2-14H3/t21-,22-,23-,24+,25-,26+,27+,28+,29+,30+,31-,32+,33-,34+,35-,37+,38-,39+,40-/m1/s1. The fraction of sp³-hybridized carbons (Fsp3) is 0.925. The highest BCUT2D eigenvalue weighted by Crippen LogP contribution is 2.42.